The van der Waals surface area contributed by atoms with Gasteiger partial charge in [0.25, 0.3) is 0 Å². The molecule has 0 aliphatic heterocycles. The highest BCUT2D eigenvalue weighted by Crippen LogP contribution is 2.39. The van der Waals surface area contributed by atoms with Crippen LogP contribution in [0.4, 0.5) is 0 Å². The molecule has 0 aromatic heterocycles. The molecule has 1 aliphatic rings. The molecule has 0 fully saturated rings. The molecule has 1 heteroatoms. The molecule has 0 atom stereocenters. The summed E-state index contributed by atoms with van der Waals surface area (Å²) in [5.74, 6) is 0.314. The predicted molar refractivity (Wildman–Crippen MR) is 89.6 cm³/mol. The standard InChI is InChI=1S/C20H12O/c21-15-6-9-16-13(10-15)5-7-17-18-8-4-12-2-1-3-14(20(12)18)11-19(16)17/h1-11,21H. The van der Waals surface area contributed by atoms with Gasteiger partial charge in [-0.1, -0.05) is 48.6 Å². The molecule has 0 bridgehead atoms. The summed E-state index contributed by atoms with van der Waals surface area (Å²) >= 11 is 0. The molecule has 0 radical (unpaired) electrons. The molecule has 98 valence electrons. The van der Waals surface area contributed by atoms with Crippen molar-refractivity contribution in [2.45, 2.75) is 0 Å². The monoisotopic (exact) mass is 268 g/mol. The van der Waals surface area contributed by atoms with Crippen molar-refractivity contribution in [2.24, 2.45) is 0 Å². The maximum Gasteiger partial charge on any atom is 0.116 e. The van der Waals surface area contributed by atoms with Crippen LogP contribution in [0.25, 0.3) is 44.5 Å². The summed E-state index contributed by atoms with van der Waals surface area (Å²) in [6, 6.07) is 18.6. The van der Waals surface area contributed by atoms with Crippen LogP contribution in [0.2, 0.25) is 0 Å². The van der Waals surface area contributed by atoms with Crippen molar-refractivity contribution in [3.63, 3.8) is 0 Å². The van der Waals surface area contributed by atoms with Gasteiger partial charge in [0.1, 0.15) is 5.75 Å². The van der Waals surface area contributed by atoms with Crippen LogP contribution >= 0.6 is 0 Å². The second-order valence-electron chi connectivity index (χ2n) is 5.64. The van der Waals surface area contributed by atoms with E-state index < -0.39 is 0 Å². The SMILES string of the molecule is Oc1ccc2c(ccc3c4c5c(cccc5cc32)C=C4)c1. The average Bonchev–Trinajstić information content (AvgIpc) is 2.93. The fourth-order valence-corrected chi connectivity index (χ4v) is 3.53. The molecule has 5 rings (SSSR count). The number of aromatic hydroxyl groups is 1. The van der Waals surface area contributed by atoms with Crippen LogP contribution in [-0.4, -0.2) is 5.11 Å². The zero-order valence-electron chi connectivity index (χ0n) is 11.3. The summed E-state index contributed by atoms with van der Waals surface area (Å²) < 4.78 is 0. The Morgan fingerprint density at radius 1 is 0.667 bits per heavy atom. The highest BCUT2D eigenvalue weighted by Gasteiger charge is 2.13. The molecular formula is C20H12O. The van der Waals surface area contributed by atoms with Crippen LogP contribution in [-0.2, 0) is 0 Å². The third kappa shape index (κ3) is 1.35. The molecule has 4 aromatic carbocycles. The molecule has 1 N–H and O–H groups in total. The van der Waals surface area contributed by atoms with E-state index in [9.17, 15) is 5.11 Å². The Morgan fingerprint density at radius 2 is 1.57 bits per heavy atom. The highest BCUT2D eigenvalue weighted by atomic mass is 16.3. The first kappa shape index (κ1) is 10.9. The number of fused-ring (bicyclic) bond motifs is 4. The van der Waals surface area contributed by atoms with E-state index in [1.807, 2.05) is 12.1 Å². The van der Waals surface area contributed by atoms with E-state index in [1.165, 1.54) is 38.1 Å². The van der Waals surface area contributed by atoms with E-state index in [2.05, 4.69) is 48.6 Å². The van der Waals surface area contributed by atoms with E-state index in [1.54, 1.807) is 6.07 Å². The van der Waals surface area contributed by atoms with Gasteiger partial charge >= 0.3 is 0 Å². The molecule has 0 amide bonds. The molecule has 0 saturated carbocycles. The van der Waals surface area contributed by atoms with Gasteiger partial charge < -0.3 is 5.11 Å². The molecule has 0 unspecified atom stereocenters. The molecular weight excluding hydrogens is 256 g/mol. The van der Waals surface area contributed by atoms with Crippen LogP contribution < -0.4 is 0 Å². The van der Waals surface area contributed by atoms with Crippen LogP contribution in [0.15, 0.2) is 54.6 Å². The maximum atomic E-state index is 9.67. The lowest BCUT2D eigenvalue weighted by Crippen LogP contribution is -1.84. The molecule has 1 nitrogen and oxygen atoms in total. The van der Waals surface area contributed by atoms with Gasteiger partial charge in [-0.2, -0.15) is 0 Å². The Morgan fingerprint density at radius 3 is 2.52 bits per heavy atom. The second kappa shape index (κ2) is 3.64. The molecule has 0 heterocycles. The van der Waals surface area contributed by atoms with Gasteiger partial charge in [-0.05, 0) is 61.6 Å². The summed E-state index contributed by atoms with van der Waals surface area (Å²) in [6.07, 6.45) is 4.41. The highest BCUT2D eigenvalue weighted by molar-refractivity contribution is 6.20. The fraction of sp³-hybridized carbons (Fsp3) is 0. The maximum absolute atomic E-state index is 9.67. The van der Waals surface area contributed by atoms with Crippen LogP contribution in [0.3, 0.4) is 0 Å². The number of benzene rings is 4. The zero-order chi connectivity index (χ0) is 14.0. The molecule has 0 saturated heterocycles. The van der Waals surface area contributed by atoms with Crippen LogP contribution in [0.5, 0.6) is 5.75 Å². The first-order valence-electron chi connectivity index (χ1n) is 7.10. The van der Waals surface area contributed by atoms with Crippen LogP contribution in [0, 0.1) is 0 Å². The van der Waals surface area contributed by atoms with Crippen molar-refractivity contribution in [3.05, 3.63) is 65.7 Å². The first-order valence-corrected chi connectivity index (χ1v) is 7.10. The van der Waals surface area contributed by atoms with Crippen molar-refractivity contribution in [2.75, 3.05) is 0 Å². The van der Waals surface area contributed by atoms with Crippen molar-refractivity contribution in [3.8, 4) is 5.75 Å². The van der Waals surface area contributed by atoms with Crippen molar-refractivity contribution in [1.82, 2.24) is 0 Å². The zero-order valence-corrected chi connectivity index (χ0v) is 11.3. The third-order valence-electron chi connectivity index (χ3n) is 4.46. The van der Waals surface area contributed by atoms with Gasteiger partial charge in [-0.3, -0.25) is 0 Å². The normalized spacial score (nSPS) is 12.8. The van der Waals surface area contributed by atoms with Gasteiger partial charge in [-0.15, -0.1) is 0 Å². The Balaban J connectivity index is 2.08. The van der Waals surface area contributed by atoms with Crippen LogP contribution in [0.1, 0.15) is 11.1 Å². The second-order valence-corrected chi connectivity index (χ2v) is 5.64. The Labute approximate surface area is 121 Å². The molecule has 4 aromatic rings. The summed E-state index contributed by atoms with van der Waals surface area (Å²) in [5.41, 5.74) is 2.61. The van der Waals surface area contributed by atoms with Gasteiger partial charge in [0.05, 0.1) is 0 Å². The number of phenolic OH excluding ortho intramolecular Hbond substituents is 1. The minimum Gasteiger partial charge on any atom is -0.508 e. The van der Waals surface area contributed by atoms with E-state index in [-0.39, 0.29) is 0 Å². The topological polar surface area (TPSA) is 20.2 Å². The van der Waals surface area contributed by atoms with Gasteiger partial charge in [0.2, 0.25) is 0 Å². The largest absolute Gasteiger partial charge is 0.508 e. The number of hydrogen-bond donors (Lipinski definition) is 1. The summed E-state index contributed by atoms with van der Waals surface area (Å²) in [7, 11) is 0. The van der Waals surface area contributed by atoms with E-state index in [0.717, 1.165) is 5.39 Å². The smallest absolute Gasteiger partial charge is 0.116 e. The number of rotatable bonds is 0. The molecule has 0 spiro atoms. The van der Waals surface area contributed by atoms with E-state index in [0.29, 0.717) is 5.75 Å². The van der Waals surface area contributed by atoms with E-state index >= 15 is 0 Å². The number of phenols is 1. The van der Waals surface area contributed by atoms with Gasteiger partial charge in [0.15, 0.2) is 0 Å². The Kier molecular flexibility index (Phi) is 1.90. The van der Waals surface area contributed by atoms with Crippen molar-refractivity contribution >= 4 is 44.5 Å². The fourth-order valence-electron chi connectivity index (χ4n) is 3.53. The van der Waals surface area contributed by atoms with Crippen molar-refractivity contribution < 1.29 is 5.11 Å². The summed E-state index contributed by atoms with van der Waals surface area (Å²) in [4.78, 5) is 0. The van der Waals surface area contributed by atoms with Gasteiger partial charge in [0, 0.05) is 0 Å². The lowest BCUT2D eigenvalue weighted by molar-refractivity contribution is 0.476. The summed E-state index contributed by atoms with van der Waals surface area (Å²) in [6.45, 7) is 0. The minimum atomic E-state index is 0.314. The quantitative estimate of drug-likeness (QED) is 0.297. The lowest BCUT2D eigenvalue weighted by atomic mass is 9.94. The van der Waals surface area contributed by atoms with Crippen molar-refractivity contribution in [1.29, 1.82) is 0 Å². The minimum absolute atomic E-state index is 0.314. The van der Waals surface area contributed by atoms with Gasteiger partial charge in [-0.25, -0.2) is 0 Å². The summed E-state index contributed by atoms with van der Waals surface area (Å²) in [5, 5.41) is 17.1. The number of hydrogen-bond acceptors (Lipinski definition) is 1. The Bertz CT molecular complexity index is 1090. The lowest BCUT2D eigenvalue weighted by Gasteiger charge is -2.10. The predicted octanol–water partition coefficient (Wildman–Crippen LogP) is 5.34. The first-order chi connectivity index (χ1) is 10.3. The molecule has 21 heavy (non-hydrogen) atoms. The average molecular weight is 268 g/mol. The molecule has 1 aliphatic carbocycles. The van der Waals surface area contributed by atoms with E-state index in [4.69, 9.17) is 0 Å². The third-order valence-corrected chi connectivity index (χ3v) is 4.46. The Hall–Kier alpha value is -2.80.